The molecule has 1 unspecified atom stereocenters. The first kappa shape index (κ1) is 8.01. The standard InChI is InChI=1S/C8H12O4/c9-4-8-1-5(2-8)6(3-12-8)7(10)11/h5-6,9H,1-4H2,(H,10,11). The molecule has 0 aromatic heterocycles. The second-order valence-corrected chi connectivity index (χ2v) is 3.77. The molecule has 1 atom stereocenters. The summed E-state index contributed by atoms with van der Waals surface area (Å²) < 4.78 is 5.32. The Bertz CT molecular complexity index is 202. The van der Waals surface area contributed by atoms with Gasteiger partial charge in [-0.25, -0.2) is 0 Å². The van der Waals surface area contributed by atoms with Gasteiger partial charge in [0, 0.05) is 0 Å². The van der Waals surface area contributed by atoms with Crippen molar-refractivity contribution in [3.8, 4) is 0 Å². The molecule has 4 heteroatoms. The quantitative estimate of drug-likeness (QED) is 0.608. The number of rotatable bonds is 2. The summed E-state index contributed by atoms with van der Waals surface area (Å²) in [5.41, 5.74) is -0.378. The highest BCUT2D eigenvalue weighted by Crippen LogP contribution is 2.49. The Kier molecular flexibility index (Phi) is 1.63. The number of carboxylic acid groups (broad SMARTS) is 1. The molecule has 0 aromatic carbocycles. The molecule has 2 aliphatic heterocycles. The van der Waals surface area contributed by atoms with Crippen LogP contribution < -0.4 is 0 Å². The van der Waals surface area contributed by atoms with Crippen molar-refractivity contribution in [1.29, 1.82) is 0 Å². The summed E-state index contributed by atoms with van der Waals surface area (Å²) in [7, 11) is 0. The molecule has 12 heavy (non-hydrogen) atoms. The molecule has 2 bridgehead atoms. The van der Waals surface area contributed by atoms with Crippen LogP contribution in [0, 0.1) is 11.8 Å². The van der Waals surface area contributed by atoms with Gasteiger partial charge in [-0.3, -0.25) is 4.79 Å². The second kappa shape index (κ2) is 2.44. The first-order valence-electron chi connectivity index (χ1n) is 4.14. The maximum atomic E-state index is 10.6. The van der Waals surface area contributed by atoms with Crippen molar-refractivity contribution >= 4 is 5.97 Å². The van der Waals surface area contributed by atoms with Crippen molar-refractivity contribution in [2.45, 2.75) is 18.4 Å². The first-order valence-corrected chi connectivity index (χ1v) is 4.14. The molecule has 0 radical (unpaired) electrons. The highest BCUT2D eigenvalue weighted by Gasteiger charge is 2.54. The summed E-state index contributed by atoms with van der Waals surface area (Å²) in [5.74, 6) is -0.895. The maximum absolute atomic E-state index is 10.6. The number of hydrogen-bond donors (Lipinski definition) is 2. The molecule has 2 heterocycles. The zero-order chi connectivity index (χ0) is 8.77. The number of fused-ring (bicyclic) bond motifs is 2. The van der Waals surface area contributed by atoms with Crippen molar-refractivity contribution in [3.05, 3.63) is 0 Å². The third kappa shape index (κ3) is 0.949. The molecule has 3 fully saturated rings. The van der Waals surface area contributed by atoms with E-state index in [2.05, 4.69) is 0 Å². The fourth-order valence-electron chi connectivity index (χ4n) is 2.15. The van der Waals surface area contributed by atoms with Gasteiger partial charge in [-0.05, 0) is 18.8 Å². The smallest absolute Gasteiger partial charge is 0.309 e. The lowest BCUT2D eigenvalue weighted by molar-refractivity contribution is -0.226. The van der Waals surface area contributed by atoms with E-state index in [-0.39, 0.29) is 30.7 Å². The van der Waals surface area contributed by atoms with E-state index in [1.807, 2.05) is 0 Å². The van der Waals surface area contributed by atoms with Gasteiger partial charge >= 0.3 is 5.97 Å². The Hall–Kier alpha value is -0.610. The number of hydrogen-bond acceptors (Lipinski definition) is 3. The first-order chi connectivity index (χ1) is 5.67. The SMILES string of the molecule is O=C(O)C1COC2(CO)CC1C2. The molecule has 2 N–H and O–H groups in total. The predicted octanol–water partition coefficient (Wildman–Crippen LogP) is -0.142. The van der Waals surface area contributed by atoms with Gasteiger partial charge in [0.15, 0.2) is 0 Å². The van der Waals surface area contributed by atoms with E-state index in [0.717, 1.165) is 0 Å². The highest BCUT2D eigenvalue weighted by molar-refractivity contribution is 5.71. The van der Waals surface area contributed by atoms with Crippen LogP contribution in [0.15, 0.2) is 0 Å². The van der Waals surface area contributed by atoms with Crippen molar-refractivity contribution in [2.75, 3.05) is 13.2 Å². The average molecular weight is 172 g/mol. The van der Waals surface area contributed by atoms with Crippen molar-refractivity contribution in [1.82, 2.24) is 0 Å². The van der Waals surface area contributed by atoms with Crippen LogP contribution in [0.3, 0.4) is 0 Å². The molecule has 0 aromatic rings. The minimum absolute atomic E-state index is 0.0236. The van der Waals surface area contributed by atoms with E-state index in [4.69, 9.17) is 14.9 Å². The minimum Gasteiger partial charge on any atom is -0.481 e. The normalized spacial score (nSPS) is 45.1. The van der Waals surface area contributed by atoms with Crippen molar-refractivity contribution < 1.29 is 19.7 Å². The van der Waals surface area contributed by atoms with Crippen molar-refractivity contribution in [2.24, 2.45) is 11.8 Å². The average Bonchev–Trinajstić information content (AvgIpc) is 2.02. The van der Waals surface area contributed by atoms with Crippen LogP contribution in [-0.2, 0) is 9.53 Å². The van der Waals surface area contributed by atoms with Crippen LogP contribution in [0.2, 0.25) is 0 Å². The Labute approximate surface area is 70.1 Å². The van der Waals surface area contributed by atoms with Gasteiger partial charge in [-0.2, -0.15) is 0 Å². The summed E-state index contributed by atoms with van der Waals surface area (Å²) in [6, 6.07) is 0. The topological polar surface area (TPSA) is 66.8 Å². The molecule has 1 aliphatic carbocycles. The number of aliphatic hydroxyl groups is 1. The van der Waals surface area contributed by atoms with Crippen LogP contribution >= 0.6 is 0 Å². The predicted molar refractivity (Wildman–Crippen MR) is 39.6 cm³/mol. The summed E-state index contributed by atoms with van der Waals surface area (Å²) >= 11 is 0. The molecule has 2 saturated heterocycles. The van der Waals surface area contributed by atoms with Gasteiger partial charge in [0.2, 0.25) is 0 Å². The zero-order valence-corrected chi connectivity index (χ0v) is 6.69. The van der Waals surface area contributed by atoms with Gasteiger partial charge in [0.1, 0.15) is 0 Å². The molecule has 3 rings (SSSR count). The van der Waals surface area contributed by atoms with Gasteiger partial charge in [-0.15, -0.1) is 0 Å². The van der Waals surface area contributed by atoms with E-state index in [0.29, 0.717) is 12.8 Å². The number of ether oxygens (including phenoxy) is 1. The monoisotopic (exact) mass is 172 g/mol. The van der Waals surface area contributed by atoms with E-state index < -0.39 is 5.97 Å². The van der Waals surface area contributed by atoms with Crippen LogP contribution in [0.5, 0.6) is 0 Å². The lowest BCUT2D eigenvalue weighted by Gasteiger charge is -2.53. The van der Waals surface area contributed by atoms with Gasteiger partial charge in [0.05, 0.1) is 24.7 Å². The Morgan fingerprint density at radius 2 is 2.25 bits per heavy atom. The minimum atomic E-state index is -0.772. The molecule has 0 amide bonds. The number of aliphatic hydroxyl groups excluding tert-OH is 1. The third-order valence-corrected chi connectivity index (χ3v) is 3.01. The number of aliphatic carboxylic acids is 1. The summed E-state index contributed by atoms with van der Waals surface area (Å²) in [5, 5.41) is 17.7. The molecule has 4 nitrogen and oxygen atoms in total. The van der Waals surface area contributed by atoms with E-state index in [1.165, 1.54) is 0 Å². The van der Waals surface area contributed by atoms with E-state index in [1.54, 1.807) is 0 Å². The summed E-state index contributed by atoms with van der Waals surface area (Å²) in [4.78, 5) is 10.6. The fraction of sp³-hybridized carbons (Fsp3) is 0.875. The molecular weight excluding hydrogens is 160 g/mol. The fourth-order valence-corrected chi connectivity index (χ4v) is 2.15. The van der Waals surface area contributed by atoms with Crippen LogP contribution in [0.4, 0.5) is 0 Å². The molecule has 68 valence electrons. The van der Waals surface area contributed by atoms with Crippen LogP contribution in [-0.4, -0.2) is 35.0 Å². The summed E-state index contributed by atoms with van der Waals surface area (Å²) in [6.45, 7) is 0.288. The largest absolute Gasteiger partial charge is 0.481 e. The second-order valence-electron chi connectivity index (χ2n) is 3.77. The highest BCUT2D eigenvalue weighted by atomic mass is 16.5. The number of carboxylic acids is 1. The Balaban J connectivity index is 2.01. The maximum Gasteiger partial charge on any atom is 0.309 e. The van der Waals surface area contributed by atoms with Gasteiger partial charge < -0.3 is 14.9 Å². The lowest BCUT2D eigenvalue weighted by Crippen LogP contribution is -2.59. The molecular formula is C8H12O4. The lowest BCUT2D eigenvalue weighted by atomic mass is 9.63. The van der Waals surface area contributed by atoms with Gasteiger partial charge in [-0.1, -0.05) is 0 Å². The Morgan fingerprint density at radius 1 is 1.58 bits per heavy atom. The van der Waals surface area contributed by atoms with Crippen LogP contribution in [0.1, 0.15) is 12.8 Å². The summed E-state index contributed by atoms with van der Waals surface area (Å²) in [6.07, 6.45) is 1.42. The number of carbonyl (C=O) groups is 1. The third-order valence-electron chi connectivity index (χ3n) is 3.01. The van der Waals surface area contributed by atoms with E-state index >= 15 is 0 Å². The Morgan fingerprint density at radius 3 is 2.58 bits per heavy atom. The van der Waals surface area contributed by atoms with Crippen molar-refractivity contribution in [3.63, 3.8) is 0 Å². The molecule has 1 saturated carbocycles. The zero-order valence-electron chi connectivity index (χ0n) is 6.69. The molecule has 3 aliphatic rings. The van der Waals surface area contributed by atoms with E-state index in [9.17, 15) is 4.79 Å². The molecule has 0 spiro atoms. The van der Waals surface area contributed by atoms with Crippen LogP contribution in [0.25, 0.3) is 0 Å². The van der Waals surface area contributed by atoms with Gasteiger partial charge in [0.25, 0.3) is 0 Å².